The van der Waals surface area contributed by atoms with Gasteiger partial charge in [0, 0.05) is 6.42 Å². The van der Waals surface area contributed by atoms with Gasteiger partial charge in [0.25, 0.3) is 0 Å². The van der Waals surface area contributed by atoms with E-state index in [0.717, 1.165) is 0 Å². The summed E-state index contributed by atoms with van der Waals surface area (Å²) in [4.78, 5) is 23.2. The molecule has 4 nitrogen and oxygen atoms in total. The first kappa shape index (κ1) is 14.7. The highest BCUT2D eigenvalue weighted by atomic mass is 32.2. The van der Waals surface area contributed by atoms with Gasteiger partial charge in [-0.1, -0.05) is 18.2 Å². The molecule has 1 unspecified atom stereocenters. The van der Waals surface area contributed by atoms with Crippen molar-refractivity contribution >= 4 is 22.9 Å². The van der Waals surface area contributed by atoms with Crippen molar-refractivity contribution < 1.29 is 19.2 Å². The zero-order valence-corrected chi connectivity index (χ0v) is 11.2. The van der Waals surface area contributed by atoms with Crippen LogP contribution in [-0.2, 0) is 20.8 Å². The van der Waals surface area contributed by atoms with Crippen molar-refractivity contribution in [1.29, 1.82) is 0 Å². The van der Waals surface area contributed by atoms with Crippen molar-refractivity contribution in [2.24, 2.45) is 5.41 Å². The molecule has 1 N–H and O–H groups in total. The second-order valence-electron chi connectivity index (χ2n) is 4.71. The molecule has 0 heterocycles. The van der Waals surface area contributed by atoms with Gasteiger partial charge in [0.05, 0.1) is 5.41 Å². The minimum Gasteiger partial charge on any atom is -0.611 e. The molecule has 1 aromatic rings. The van der Waals surface area contributed by atoms with Gasteiger partial charge in [-0.05, 0) is 37.2 Å². The summed E-state index contributed by atoms with van der Waals surface area (Å²) in [5.74, 6) is -1.47. The van der Waals surface area contributed by atoms with E-state index in [2.05, 4.69) is 0 Å². The number of aliphatic carboxylic acids is 1. The lowest BCUT2D eigenvalue weighted by molar-refractivity contribution is -0.149. The number of benzene rings is 1. The fraction of sp³-hybridized carbons (Fsp3) is 0.385. The van der Waals surface area contributed by atoms with E-state index in [1.165, 1.54) is 13.8 Å². The van der Waals surface area contributed by atoms with Crippen LogP contribution in [0.2, 0.25) is 0 Å². The Bertz CT molecular complexity index is 428. The summed E-state index contributed by atoms with van der Waals surface area (Å²) in [7, 11) is 0. The van der Waals surface area contributed by atoms with Crippen LogP contribution in [0.4, 0.5) is 0 Å². The number of hydrogen-bond acceptors (Lipinski definition) is 3. The number of carboxylic acid groups (broad SMARTS) is 1. The molecule has 0 aliphatic heterocycles. The van der Waals surface area contributed by atoms with E-state index in [0.29, 0.717) is 4.90 Å². The predicted molar refractivity (Wildman–Crippen MR) is 68.8 cm³/mol. The highest BCUT2D eigenvalue weighted by Crippen LogP contribution is 2.22. The first-order chi connectivity index (χ1) is 8.33. The van der Waals surface area contributed by atoms with Gasteiger partial charge in [-0.25, -0.2) is 0 Å². The molecule has 1 aromatic carbocycles. The van der Waals surface area contributed by atoms with Crippen molar-refractivity contribution in [2.75, 3.05) is 5.75 Å². The summed E-state index contributed by atoms with van der Waals surface area (Å²) in [6.45, 7) is 2.97. The molecule has 0 bridgehead atoms. The number of hydrogen-bond donors (Lipinski definition) is 1. The second-order valence-corrected chi connectivity index (χ2v) is 6.16. The van der Waals surface area contributed by atoms with Crippen LogP contribution in [0.1, 0.15) is 20.3 Å². The maximum Gasteiger partial charge on any atom is 0.309 e. The van der Waals surface area contributed by atoms with E-state index in [4.69, 9.17) is 5.11 Å². The molecule has 0 spiro atoms. The highest BCUT2D eigenvalue weighted by molar-refractivity contribution is 7.92. The van der Waals surface area contributed by atoms with Gasteiger partial charge in [-0.15, -0.1) is 0 Å². The third-order valence-electron chi connectivity index (χ3n) is 2.52. The molecule has 1 atom stereocenters. The quantitative estimate of drug-likeness (QED) is 0.799. The molecule has 18 heavy (non-hydrogen) atoms. The predicted octanol–water partition coefficient (Wildman–Crippen LogP) is 1.86. The molecule has 0 saturated carbocycles. The summed E-state index contributed by atoms with van der Waals surface area (Å²) in [5, 5.41) is 8.91. The fourth-order valence-corrected chi connectivity index (χ4v) is 2.44. The first-order valence-corrected chi connectivity index (χ1v) is 6.83. The molecule has 0 fully saturated rings. The van der Waals surface area contributed by atoms with E-state index >= 15 is 0 Å². The topological polar surface area (TPSA) is 77.4 Å². The SMILES string of the molecule is CC(C)(CC(=O)C[S+]([O-])c1ccccc1)C(=O)O. The van der Waals surface area contributed by atoms with Gasteiger partial charge < -0.3 is 9.66 Å². The van der Waals surface area contributed by atoms with Crippen LogP contribution < -0.4 is 0 Å². The Morgan fingerprint density at radius 3 is 2.33 bits per heavy atom. The van der Waals surface area contributed by atoms with Crippen molar-refractivity contribution in [2.45, 2.75) is 25.2 Å². The molecule has 5 heteroatoms. The summed E-state index contributed by atoms with van der Waals surface area (Å²) in [6, 6.07) is 8.67. The smallest absolute Gasteiger partial charge is 0.309 e. The van der Waals surface area contributed by atoms with E-state index in [-0.39, 0.29) is 18.0 Å². The zero-order valence-electron chi connectivity index (χ0n) is 10.4. The normalized spacial score (nSPS) is 13.1. The fourth-order valence-electron chi connectivity index (χ4n) is 1.42. The van der Waals surface area contributed by atoms with E-state index in [9.17, 15) is 14.1 Å². The van der Waals surface area contributed by atoms with Crippen LogP contribution in [-0.4, -0.2) is 27.2 Å². The summed E-state index contributed by atoms with van der Waals surface area (Å²) >= 11 is -1.40. The minimum atomic E-state index is -1.40. The molecule has 0 amide bonds. The summed E-state index contributed by atoms with van der Waals surface area (Å²) < 4.78 is 11.9. The average Bonchev–Trinajstić information content (AvgIpc) is 2.29. The maximum absolute atomic E-state index is 11.9. The van der Waals surface area contributed by atoms with Crippen LogP contribution in [0.3, 0.4) is 0 Å². The molecule has 98 valence electrons. The number of carboxylic acids is 1. The van der Waals surface area contributed by atoms with Crippen LogP contribution >= 0.6 is 0 Å². The van der Waals surface area contributed by atoms with Gasteiger partial charge in [-0.2, -0.15) is 0 Å². The lowest BCUT2D eigenvalue weighted by Crippen LogP contribution is -2.29. The monoisotopic (exact) mass is 268 g/mol. The molecule has 1 rings (SSSR count). The molecule has 0 aliphatic carbocycles. The molecular formula is C13H16O4S. The minimum absolute atomic E-state index is 0.110. The Morgan fingerprint density at radius 2 is 1.83 bits per heavy atom. The van der Waals surface area contributed by atoms with E-state index in [1.54, 1.807) is 30.3 Å². The van der Waals surface area contributed by atoms with Crippen LogP contribution in [0, 0.1) is 5.41 Å². The number of rotatable bonds is 6. The third kappa shape index (κ3) is 4.16. The average molecular weight is 268 g/mol. The van der Waals surface area contributed by atoms with Crippen molar-refractivity contribution in [3.05, 3.63) is 30.3 Å². The Balaban J connectivity index is 2.58. The Kier molecular flexibility index (Phi) is 4.93. The highest BCUT2D eigenvalue weighted by Gasteiger charge is 2.31. The molecule has 0 aromatic heterocycles. The van der Waals surface area contributed by atoms with Crippen LogP contribution in [0.25, 0.3) is 0 Å². The van der Waals surface area contributed by atoms with Crippen molar-refractivity contribution in [1.82, 2.24) is 0 Å². The van der Waals surface area contributed by atoms with Crippen LogP contribution in [0.5, 0.6) is 0 Å². The number of carbonyl (C=O) groups is 2. The summed E-state index contributed by atoms with van der Waals surface area (Å²) in [5.41, 5.74) is -1.11. The largest absolute Gasteiger partial charge is 0.611 e. The van der Waals surface area contributed by atoms with Crippen molar-refractivity contribution in [3.8, 4) is 0 Å². The number of carbonyl (C=O) groups excluding carboxylic acids is 1. The van der Waals surface area contributed by atoms with Gasteiger partial charge in [-0.3, -0.25) is 9.59 Å². The third-order valence-corrected chi connectivity index (χ3v) is 3.90. The molecule has 0 aliphatic rings. The molecular weight excluding hydrogens is 252 g/mol. The van der Waals surface area contributed by atoms with E-state index < -0.39 is 22.6 Å². The second kappa shape index (κ2) is 6.02. The Morgan fingerprint density at radius 1 is 1.28 bits per heavy atom. The zero-order chi connectivity index (χ0) is 13.8. The Labute approximate surface area is 109 Å². The van der Waals surface area contributed by atoms with Gasteiger partial charge >= 0.3 is 5.97 Å². The Hall–Kier alpha value is -1.33. The standard InChI is InChI=1S/C13H16O4S/c1-13(2,12(15)16)8-10(14)9-18(17)11-6-4-3-5-7-11/h3-7H,8-9H2,1-2H3,(H,15,16). The van der Waals surface area contributed by atoms with E-state index in [1.807, 2.05) is 0 Å². The van der Waals surface area contributed by atoms with Gasteiger partial charge in [0.15, 0.2) is 16.4 Å². The van der Waals surface area contributed by atoms with Crippen molar-refractivity contribution in [3.63, 3.8) is 0 Å². The first-order valence-electron chi connectivity index (χ1n) is 5.51. The lowest BCUT2D eigenvalue weighted by atomic mass is 9.88. The lowest BCUT2D eigenvalue weighted by Gasteiger charge is -2.18. The molecule has 0 radical (unpaired) electrons. The summed E-state index contributed by atoms with van der Waals surface area (Å²) in [6.07, 6.45) is -0.110. The maximum atomic E-state index is 11.9. The number of ketones is 1. The van der Waals surface area contributed by atoms with Gasteiger partial charge in [0.2, 0.25) is 0 Å². The molecule has 0 saturated heterocycles. The number of Topliss-reactive ketones (excluding diaryl/α,β-unsaturated/α-hetero) is 1. The van der Waals surface area contributed by atoms with Crippen LogP contribution in [0.15, 0.2) is 35.2 Å². The van der Waals surface area contributed by atoms with Gasteiger partial charge in [0.1, 0.15) is 0 Å².